The number of fused-ring (bicyclic) bond motifs is 1. The molecule has 0 aromatic heterocycles. The summed E-state index contributed by atoms with van der Waals surface area (Å²) in [4.78, 5) is 54.7. The number of nitrogens with one attached hydrogen (secondary N) is 1. The molecule has 1 aliphatic heterocycles. The molecule has 0 bridgehead atoms. The summed E-state index contributed by atoms with van der Waals surface area (Å²) in [6.45, 7) is 4.81. The van der Waals surface area contributed by atoms with Crippen LogP contribution in [0, 0.1) is 0 Å². The van der Waals surface area contributed by atoms with Gasteiger partial charge in [-0.25, -0.2) is 0 Å². The number of imide groups is 1. The fourth-order valence-electron chi connectivity index (χ4n) is 5.39. The zero-order chi connectivity index (χ0) is 31.3. The molecule has 0 saturated heterocycles. The Bertz CT molecular complexity index is 1520. The molecule has 1 N–H and O–H groups in total. The Morgan fingerprint density at radius 1 is 0.705 bits per heavy atom. The molecule has 4 aromatic rings. The Labute approximate surface area is 261 Å². The number of carbonyl (C=O) groups is 4. The summed E-state index contributed by atoms with van der Waals surface area (Å²) in [6, 6.07) is 35.1. The third-order valence-electron chi connectivity index (χ3n) is 7.27. The molecule has 44 heavy (non-hydrogen) atoms. The van der Waals surface area contributed by atoms with Crippen molar-refractivity contribution in [3.8, 4) is 0 Å². The molecule has 0 unspecified atom stereocenters. The van der Waals surface area contributed by atoms with E-state index in [0.29, 0.717) is 0 Å². The number of benzene rings is 4. The fraction of sp³-hybridized carbons (Fsp3) is 0.222. The van der Waals surface area contributed by atoms with Gasteiger partial charge in [-0.05, 0) is 49.6 Å². The first-order valence-electron chi connectivity index (χ1n) is 14.4. The second kappa shape index (κ2) is 12.9. The Balaban J connectivity index is 1.56. The van der Waals surface area contributed by atoms with Gasteiger partial charge in [-0.2, -0.15) is 0 Å². The maximum absolute atomic E-state index is 13.9. The summed E-state index contributed by atoms with van der Waals surface area (Å²) < 4.78 is 4.57. The summed E-state index contributed by atoms with van der Waals surface area (Å²) in [5.41, 5.74) is 2.66. The molecule has 1 heterocycles. The van der Waals surface area contributed by atoms with E-state index in [9.17, 15) is 19.2 Å². The van der Waals surface area contributed by atoms with E-state index in [-0.39, 0.29) is 16.9 Å². The van der Waals surface area contributed by atoms with Crippen molar-refractivity contribution >= 4 is 35.5 Å². The van der Waals surface area contributed by atoms with Gasteiger partial charge in [0.25, 0.3) is 11.8 Å². The van der Waals surface area contributed by atoms with Crippen LogP contribution in [0.1, 0.15) is 58.2 Å². The smallest absolute Gasteiger partial charge is 0.325 e. The van der Waals surface area contributed by atoms with Gasteiger partial charge in [0, 0.05) is 5.75 Å². The average Bonchev–Trinajstić information content (AvgIpc) is 3.28. The fourth-order valence-corrected chi connectivity index (χ4v) is 7.00. The highest BCUT2D eigenvalue weighted by molar-refractivity contribution is 8.00. The maximum atomic E-state index is 13.9. The van der Waals surface area contributed by atoms with E-state index < -0.39 is 46.6 Å². The molecule has 4 aromatic carbocycles. The SMILES string of the molecule is CC(C)(C)OC(=O)CNC(=O)[C@H](CSC(c1ccccc1)(c1ccccc1)c1ccccc1)N1C(=O)c2ccccc2C1=O. The minimum atomic E-state index is -1.22. The van der Waals surface area contributed by atoms with E-state index in [0.717, 1.165) is 21.6 Å². The Morgan fingerprint density at radius 2 is 1.11 bits per heavy atom. The summed E-state index contributed by atoms with van der Waals surface area (Å²) in [5, 5.41) is 2.63. The number of carbonyl (C=O) groups excluding carboxylic acids is 4. The van der Waals surface area contributed by atoms with Crippen molar-refractivity contribution in [1.82, 2.24) is 10.2 Å². The topological polar surface area (TPSA) is 92.8 Å². The van der Waals surface area contributed by atoms with Crippen molar-refractivity contribution in [3.63, 3.8) is 0 Å². The standard InChI is InChI=1S/C36H34N2O5S/c1-35(2,3)43-31(39)23-37-32(40)30(38-33(41)28-21-13-14-22-29(28)34(38)42)24-44-36(25-15-7-4-8-16-25,26-17-9-5-10-18-26)27-19-11-6-12-20-27/h4-22,30H,23-24H2,1-3H3,(H,37,40)/t30-/m0/s1. The second-order valence-corrected chi connectivity index (χ2v) is 12.7. The van der Waals surface area contributed by atoms with Crippen LogP contribution in [0.25, 0.3) is 0 Å². The molecule has 1 atom stereocenters. The van der Waals surface area contributed by atoms with Crippen molar-refractivity contribution < 1.29 is 23.9 Å². The Hall–Kier alpha value is -4.69. The van der Waals surface area contributed by atoms with E-state index in [1.807, 2.05) is 91.0 Å². The highest BCUT2D eigenvalue weighted by Crippen LogP contribution is 2.49. The van der Waals surface area contributed by atoms with E-state index in [2.05, 4.69) is 5.32 Å². The third-order valence-corrected chi connectivity index (χ3v) is 8.89. The van der Waals surface area contributed by atoms with E-state index in [4.69, 9.17) is 4.74 Å². The highest BCUT2D eigenvalue weighted by atomic mass is 32.2. The van der Waals surface area contributed by atoms with Crippen LogP contribution < -0.4 is 5.32 Å². The average molecular weight is 607 g/mol. The quantitative estimate of drug-likeness (QED) is 0.139. The van der Waals surface area contributed by atoms with Crippen LogP contribution in [-0.4, -0.2) is 52.5 Å². The first-order valence-corrected chi connectivity index (χ1v) is 15.4. The van der Waals surface area contributed by atoms with Crippen LogP contribution in [0.3, 0.4) is 0 Å². The van der Waals surface area contributed by atoms with Gasteiger partial charge < -0.3 is 10.1 Å². The van der Waals surface area contributed by atoms with Gasteiger partial charge in [-0.15, -0.1) is 11.8 Å². The molecule has 0 spiro atoms. The zero-order valence-corrected chi connectivity index (χ0v) is 25.7. The molecule has 0 fully saturated rings. The van der Waals surface area contributed by atoms with Crippen LogP contribution in [0.15, 0.2) is 115 Å². The molecule has 0 radical (unpaired) electrons. The summed E-state index contributed by atoms with van der Waals surface area (Å²) in [5.74, 6) is -2.29. The van der Waals surface area contributed by atoms with Crippen molar-refractivity contribution in [2.45, 2.75) is 37.2 Å². The lowest BCUT2D eigenvalue weighted by atomic mass is 9.84. The second-order valence-electron chi connectivity index (χ2n) is 11.4. The predicted molar refractivity (Wildman–Crippen MR) is 171 cm³/mol. The van der Waals surface area contributed by atoms with Gasteiger partial charge in [0.15, 0.2) is 0 Å². The van der Waals surface area contributed by atoms with Gasteiger partial charge >= 0.3 is 5.97 Å². The van der Waals surface area contributed by atoms with Crippen molar-refractivity contribution in [3.05, 3.63) is 143 Å². The van der Waals surface area contributed by atoms with E-state index >= 15 is 0 Å². The van der Waals surface area contributed by atoms with E-state index in [1.165, 1.54) is 11.8 Å². The number of esters is 1. The van der Waals surface area contributed by atoms with Crippen molar-refractivity contribution in [1.29, 1.82) is 0 Å². The molecular weight excluding hydrogens is 572 g/mol. The predicted octanol–water partition coefficient (Wildman–Crippen LogP) is 5.83. The van der Waals surface area contributed by atoms with Crippen LogP contribution in [-0.2, 0) is 19.1 Å². The Kier molecular flexibility index (Phi) is 9.01. The molecule has 0 saturated carbocycles. The lowest BCUT2D eigenvalue weighted by molar-refractivity contribution is -0.154. The Morgan fingerprint density at radius 3 is 1.52 bits per heavy atom. The normalized spacial score (nSPS) is 13.8. The molecule has 7 nitrogen and oxygen atoms in total. The number of nitrogens with zero attached hydrogens (tertiary/aromatic N) is 1. The van der Waals surface area contributed by atoms with Crippen molar-refractivity contribution in [2.75, 3.05) is 12.3 Å². The summed E-state index contributed by atoms with van der Waals surface area (Å²) >= 11 is 1.46. The highest BCUT2D eigenvalue weighted by Gasteiger charge is 2.45. The van der Waals surface area contributed by atoms with Crippen LogP contribution in [0.2, 0.25) is 0 Å². The molecule has 1 aliphatic rings. The van der Waals surface area contributed by atoms with Gasteiger partial charge in [0.05, 0.1) is 15.9 Å². The number of thioether (sulfide) groups is 1. The van der Waals surface area contributed by atoms with Gasteiger partial charge in [-0.3, -0.25) is 24.1 Å². The largest absolute Gasteiger partial charge is 0.459 e. The minimum absolute atomic E-state index is 0.0459. The zero-order valence-electron chi connectivity index (χ0n) is 24.9. The number of rotatable bonds is 10. The lowest BCUT2D eigenvalue weighted by Crippen LogP contribution is -2.52. The maximum Gasteiger partial charge on any atom is 0.325 e. The molecular formula is C36H34N2O5S. The number of ether oxygens (including phenoxy) is 1. The molecule has 3 amide bonds. The first-order chi connectivity index (χ1) is 21.1. The first kappa shape index (κ1) is 30.8. The van der Waals surface area contributed by atoms with Crippen LogP contribution in [0.5, 0.6) is 0 Å². The minimum Gasteiger partial charge on any atom is -0.459 e. The van der Waals surface area contributed by atoms with Crippen LogP contribution in [0.4, 0.5) is 0 Å². The summed E-state index contributed by atoms with van der Waals surface area (Å²) in [7, 11) is 0. The number of hydrogen-bond donors (Lipinski definition) is 1. The van der Waals surface area contributed by atoms with Crippen molar-refractivity contribution in [2.24, 2.45) is 0 Å². The summed E-state index contributed by atoms with van der Waals surface area (Å²) in [6.07, 6.45) is 0. The van der Waals surface area contributed by atoms with E-state index in [1.54, 1.807) is 45.0 Å². The molecule has 8 heteroatoms. The van der Waals surface area contributed by atoms with Gasteiger partial charge in [0.1, 0.15) is 18.2 Å². The monoisotopic (exact) mass is 606 g/mol. The van der Waals surface area contributed by atoms with Gasteiger partial charge in [-0.1, -0.05) is 103 Å². The third kappa shape index (κ3) is 6.31. The van der Waals surface area contributed by atoms with Gasteiger partial charge in [0.2, 0.25) is 5.91 Å². The molecule has 224 valence electrons. The number of amides is 3. The number of hydrogen-bond acceptors (Lipinski definition) is 6. The lowest BCUT2D eigenvalue weighted by Gasteiger charge is -2.37. The molecule has 5 rings (SSSR count). The molecule has 0 aliphatic carbocycles. The van der Waals surface area contributed by atoms with Crippen LogP contribution >= 0.6 is 11.8 Å².